The van der Waals surface area contributed by atoms with Crippen LogP contribution < -0.4 is 11.2 Å². The third-order valence-electron chi connectivity index (χ3n) is 3.20. The molecule has 10 heteroatoms. The molecule has 0 N–H and O–H groups in total. The van der Waals surface area contributed by atoms with Crippen molar-refractivity contribution in [2.75, 3.05) is 0 Å². The Hall–Kier alpha value is -2.96. The van der Waals surface area contributed by atoms with E-state index >= 15 is 0 Å². The highest BCUT2D eigenvalue weighted by Gasteiger charge is 2.35. The lowest BCUT2D eigenvalue weighted by atomic mass is 10.2. The molecule has 0 fully saturated rings. The van der Waals surface area contributed by atoms with Crippen LogP contribution in [0.3, 0.4) is 0 Å². The zero-order valence-corrected chi connectivity index (χ0v) is 12.0. The van der Waals surface area contributed by atoms with E-state index in [1.54, 1.807) is 0 Å². The SMILES string of the molecule is CCn1c(C(F)(F)F)cc(=O)n(-c2cc(F)c(C#N)cc2F)c1=O. The van der Waals surface area contributed by atoms with E-state index in [0.29, 0.717) is 12.1 Å². The summed E-state index contributed by atoms with van der Waals surface area (Å²) in [7, 11) is 0. The van der Waals surface area contributed by atoms with Gasteiger partial charge in [0.25, 0.3) is 5.56 Å². The zero-order chi connectivity index (χ0) is 18.2. The molecular formula is C14H8F5N3O2. The van der Waals surface area contributed by atoms with Gasteiger partial charge in [0.15, 0.2) is 0 Å². The molecule has 0 radical (unpaired) electrons. The third kappa shape index (κ3) is 2.80. The van der Waals surface area contributed by atoms with Crippen molar-refractivity contribution in [1.82, 2.24) is 9.13 Å². The first-order valence-electron chi connectivity index (χ1n) is 6.45. The van der Waals surface area contributed by atoms with Gasteiger partial charge in [-0.3, -0.25) is 9.36 Å². The summed E-state index contributed by atoms with van der Waals surface area (Å²) in [6.07, 6.45) is -4.97. The lowest BCUT2D eigenvalue weighted by molar-refractivity contribution is -0.144. The summed E-state index contributed by atoms with van der Waals surface area (Å²) < 4.78 is 66.6. The number of benzene rings is 1. The Morgan fingerprint density at radius 1 is 1.12 bits per heavy atom. The Labute approximate surface area is 130 Å². The number of aromatic nitrogens is 2. The number of alkyl halides is 3. The molecule has 24 heavy (non-hydrogen) atoms. The smallest absolute Gasteiger partial charge is 0.289 e. The van der Waals surface area contributed by atoms with Crippen LogP contribution >= 0.6 is 0 Å². The molecule has 0 bridgehead atoms. The van der Waals surface area contributed by atoms with E-state index in [-0.39, 0.29) is 15.2 Å². The fraction of sp³-hybridized carbons (Fsp3) is 0.214. The van der Waals surface area contributed by atoms with Crippen LogP contribution in [-0.2, 0) is 12.7 Å². The van der Waals surface area contributed by atoms with Crippen molar-refractivity contribution < 1.29 is 22.0 Å². The minimum atomic E-state index is -4.97. The van der Waals surface area contributed by atoms with Gasteiger partial charge in [0.05, 0.1) is 11.3 Å². The molecule has 0 aliphatic rings. The minimum Gasteiger partial charge on any atom is -0.289 e. The Kier molecular flexibility index (Phi) is 4.29. The molecule has 0 unspecified atom stereocenters. The first kappa shape index (κ1) is 17.4. The maximum absolute atomic E-state index is 14.0. The summed E-state index contributed by atoms with van der Waals surface area (Å²) in [4.78, 5) is 24.1. The summed E-state index contributed by atoms with van der Waals surface area (Å²) >= 11 is 0. The van der Waals surface area contributed by atoms with E-state index in [4.69, 9.17) is 5.26 Å². The standard InChI is InChI=1S/C14H8F5N3O2/c1-2-21-11(14(17,18)19)5-12(23)22(13(21)24)10-4-8(15)7(6-20)3-9(10)16/h3-5H,2H2,1H3. The lowest BCUT2D eigenvalue weighted by Gasteiger charge is -2.16. The number of hydrogen-bond donors (Lipinski definition) is 0. The summed E-state index contributed by atoms with van der Waals surface area (Å²) in [5.74, 6) is -2.52. The van der Waals surface area contributed by atoms with Crippen LogP contribution in [0.25, 0.3) is 5.69 Å². The molecule has 0 saturated carbocycles. The molecule has 1 heterocycles. The van der Waals surface area contributed by atoms with Crippen LogP contribution in [0.2, 0.25) is 0 Å². The van der Waals surface area contributed by atoms with Crippen molar-refractivity contribution in [1.29, 1.82) is 5.26 Å². The Balaban J connectivity index is 2.89. The number of hydrogen-bond acceptors (Lipinski definition) is 3. The van der Waals surface area contributed by atoms with Crippen LogP contribution in [0.5, 0.6) is 0 Å². The molecular weight excluding hydrogens is 337 g/mol. The Morgan fingerprint density at radius 3 is 2.25 bits per heavy atom. The fourth-order valence-electron chi connectivity index (χ4n) is 2.13. The Morgan fingerprint density at radius 2 is 1.75 bits per heavy atom. The molecule has 0 aliphatic carbocycles. The normalized spacial score (nSPS) is 11.4. The molecule has 0 spiro atoms. The summed E-state index contributed by atoms with van der Waals surface area (Å²) in [6, 6.07) is 2.34. The molecule has 2 aromatic rings. The summed E-state index contributed by atoms with van der Waals surface area (Å²) in [5.41, 5.74) is -5.99. The lowest BCUT2D eigenvalue weighted by Crippen LogP contribution is -2.42. The zero-order valence-electron chi connectivity index (χ0n) is 12.0. The van der Waals surface area contributed by atoms with E-state index in [1.807, 2.05) is 0 Å². The predicted molar refractivity (Wildman–Crippen MR) is 71.6 cm³/mol. The van der Waals surface area contributed by atoms with Crippen molar-refractivity contribution in [3.63, 3.8) is 0 Å². The van der Waals surface area contributed by atoms with Crippen molar-refractivity contribution in [2.24, 2.45) is 0 Å². The average Bonchev–Trinajstić information content (AvgIpc) is 2.48. The van der Waals surface area contributed by atoms with Crippen LogP contribution in [-0.4, -0.2) is 9.13 Å². The highest BCUT2D eigenvalue weighted by molar-refractivity contribution is 5.42. The van der Waals surface area contributed by atoms with Gasteiger partial charge in [-0.2, -0.15) is 18.4 Å². The molecule has 0 amide bonds. The van der Waals surface area contributed by atoms with Gasteiger partial charge in [-0.1, -0.05) is 0 Å². The van der Waals surface area contributed by atoms with Gasteiger partial charge in [-0.25, -0.2) is 18.1 Å². The molecule has 0 aliphatic heterocycles. The quantitative estimate of drug-likeness (QED) is 0.784. The molecule has 1 aromatic heterocycles. The van der Waals surface area contributed by atoms with E-state index in [1.165, 1.54) is 13.0 Å². The van der Waals surface area contributed by atoms with Gasteiger partial charge in [0.2, 0.25) is 0 Å². The van der Waals surface area contributed by atoms with Crippen LogP contribution in [0, 0.1) is 23.0 Å². The van der Waals surface area contributed by atoms with Crippen molar-refractivity contribution in [2.45, 2.75) is 19.6 Å². The van der Waals surface area contributed by atoms with Gasteiger partial charge >= 0.3 is 11.9 Å². The fourth-order valence-corrected chi connectivity index (χ4v) is 2.13. The van der Waals surface area contributed by atoms with Crippen LogP contribution in [0.1, 0.15) is 18.2 Å². The second kappa shape index (κ2) is 5.92. The first-order chi connectivity index (χ1) is 11.1. The molecule has 5 nitrogen and oxygen atoms in total. The maximum atomic E-state index is 14.0. The van der Waals surface area contributed by atoms with E-state index in [0.717, 1.165) is 0 Å². The minimum absolute atomic E-state index is 0.0817. The number of nitrogens with zero attached hydrogens (tertiary/aromatic N) is 3. The maximum Gasteiger partial charge on any atom is 0.431 e. The highest BCUT2D eigenvalue weighted by atomic mass is 19.4. The number of nitriles is 1. The Bertz CT molecular complexity index is 967. The highest BCUT2D eigenvalue weighted by Crippen LogP contribution is 2.27. The van der Waals surface area contributed by atoms with Crippen LogP contribution in [0.15, 0.2) is 27.8 Å². The van der Waals surface area contributed by atoms with Crippen molar-refractivity contribution in [3.8, 4) is 11.8 Å². The molecule has 1 aromatic carbocycles. The monoisotopic (exact) mass is 345 g/mol. The second-order valence-electron chi connectivity index (χ2n) is 4.62. The third-order valence-corrected chi connectivity index (χ3v) is 3.20. The van der Waals surface area contributed by atoms with Gasteiger partial charge in [-0.05, 0) is 13.0 Å². The first-order valence-corrected chi connectivity index (χ1v) is 6.45. The van der Waals surface area contributed by atoms with E-state index < -0.39 is 52.5 Å². The van der Waals surface area contributed by atoms with Crippen molar-refractivity contribution >= 4 is 0 Å². The summed E-state index contributed by atoms with van der Waals surface area (Å²) in [5, 5.41) is 8.61. The van der Waals surface area contributed by atoms with Crippen molar-refractivity contribution in [3.05, 3.63) is 61.9 Å². The predicted octanol–water partition coefficient (Wildman–Crippen LogP) is 2.19. The average molecular weight is 345 g/mol. The largest absolute Gasteiger partial charge is 0.431 e. The van der Waals surface area contributed by atoms with Gasteiger partial charge in [0, 0.05) is 18.7 Å². The molecule has 0 atom stereocenters. The number of halogens is 5. The molecule has 126 valence electrons. The van der Waals surface area contributed by atoms with E-state index in [2.05, 4.69) is 0 Å². The van der Waals surface area contributed by atoms with Crippen LogP contribution in [0.4, 0.5) is 22.0 Å². The van der Waals surface area contributed by atoms with Gasteiger partial charge < -0.3 is 0 Å². The van der Waals surface area contributed by atoms with Gasteiger partial charge in [0.1, 0.15) is 23.4 Å². The molecule has 2 rings (SSSR count). The second-order valence-corrected chi connectivity index (χ2v) is 4.62. The summed E-state index contributed by atoms with van der Waals surface area (Å²) in [6.45, 7) is 0.773. The topological polar surface area (TPSA) is 67.8 Å². The van der Waals surface area contributed by atoms with Gasteiger partial charge in [-0.15, -0.1) is 0 Å². The molecule has 0 saturated heterocycles. The van der Waals surface area contributed by atoms with E-state index in [9.17, 15) is 31.5 Å². The number of rotatable bonds is 2.